The molecule has 4 rings (SSSR count). The molecule has 4 heterocycles. The van der Waals surface area contributed by atoms with E-state index >= 15 is 0 Å². The smallest absolute Gasteiger partial charge is 0.289 e. The number of hydrogen-bond donors (Lipinski definition) is 0. The Bertz CT molecular complexity index is 616. The molecule has 3 saturated heterocycles. The van der Waals surface area contributed by atoms with Crippen LogP contribution in [-0.2, 0) is 4.79 Å². The Morgan fingerprint density at radius 2 is 1.69 bits per heavy atom. The van der Waals surface area contributed by atoms with Crippen molar-refractivity contribution in [3.63, 3.8) is 0 Å². The first-order valence-electron chi connectivity index (χ1n) is 10.1. The molecular weight excluding hydrogens is 330 g/mol. The molecule has 0 bridgehead atoms. The van der Waals surface area contributed by atoms with Crippen LogP contribution in [0.25, 0.3) is 0 Å². The molecule has 0 saturated carbocycles. The molecule has 1 aromatic heterocycles. The van der Waals surface area contributed by atoms with E-state index in [1.165, 1.54) is 0 Å². The van der Waals surface area contributed by atoms with Crippen LogP contribution < -0.4 is 0 Å². The average molecular weight is 359 g/mol. The van der Waals surface area contributed by atoms with E-state index in [0.717, 1.165) is 77.8 Å². The van der Waals surface area contributed by atoms with Gasteiger partial charge < -0.3 is 14.2 Å². The van der Waals surface area contributed by atoms with E-state index in [0.29, 0.717) is 17.7 Å². The van der Waals surface area contributed by atoms with E-state index in [1.54, 1.807) is 18.4 Å². The van der Waals surface area contributed by atoms with E-state index in [2.05, 4.69) is 9.80 Å². The normalized spacial score (nSPS) is 25.6. The van der Waals surface area contributed by atoms with Crippen molar-refractivity contribution in [3.05, 3.63) is 24.2 Å². The van der Waals surface area contributed by atoms with Crippen LogP contribution in [-0.4, -0.2) is 71.8 Å². The van der Waals surface area contributed by atoms with Crippen LogP contribution in [0, 0.1) is 5.92 Å². The maximum atomic E-state index is 12.7. The lowest BCUT2D eigenvalue weighted by molar-refractivity contribution is -0.136. The lowest BCUT2D eigenvalue weighted by Crippen LogP contribution is -2.51. The summed E-state index contributed by atoms with van der Waals surface area (Å²) in [6.07, 6.45) is 7.96. The van der Waals surface area contributed by atoms with Gasteiger partial charge in [0.1, 0.15) is 0 Å². The summed E-state index contributed by atoms with van der Waals surface area (Å²) in [6, 6.07) is 3.98. The first-order valence-corrected chi connectivity index (χ1v) is 10.1. The molecule has 1 aromatic rings. The molecule has 0 radical (unpaired) electrons. The van der Waals surface area contributed by atoms with Crippen LogP contribution in [0.4, 0.5) is 0 Å². The largest absolute Gasteiger partial charge is 0.459 e. The first-order chi connectivity index (χ1) is 12.7. The van der Waals surface area contributed by atoms with E-state index in [1.807, 2.05) is 4.90 Å². The van der Waals surface area contributed by atoms with Crippen molar-refractivity contribution < 1.29 is 14.0 Å². The molecule has 1 atom stereocenters. The topological polar surface area (TPSA) is 57.0 Å². The van der Waals surface area contributed by atoms with Gasteiger partial charge in [0, 0.05) is 38.8 Å². The van der Waals surface area contributed by atoms with E-state index in [4.69, 9.17) is 4.42 Å². The van der Waals surface area contributed by atoms with Crippen LogP contribution >= 0.6 is 0 Å². The van der Waals surface area contributed by atoms with Gasteiger partial charge in [-0.05, 0) is 57.2 Å². The van der Waals surface area contributed by atoms with E-state index in [-0.39, 0.29) is 11.8 Å². The van der Waals surface area contributed by atoms with Crippen molar-refractivity contribution in [1.82, 2.24) is 14.7 Å². The molecule has 3 aliphatic rings. The molecule has 3 fully saturated rings. The summed E-state index contributed by atoms with van der Waals surface area (Å²) < 4.78 is 5.24. The van der Waals surface area contributed by atoms with Gasteiger partial charge in [-0.1, -0.05) is 0 Å². The Kier molecular flexibility index (Phi) is 5.29. The molecule has 0 N–H and O–H groups in total. The summed E-state index contributed by atoms with van der Waals surface area (Å²) in [5.41, 5.74) is 0. The molecule has 3 aliphatic heterocycles. The SMILES string of the molecule is O=C(c1ccco1)N1CCC(N2CCCC(C(=O)N3CCCC3)C2)CC1. The number of amides is 2. The molecule has 6 heteroatoms. The van der Waals surface area contributed by atoms with Gasteiger partial charge in [0.25, 0.3) is 5.91 Å². The quantitative estimate of drug-likeness (QED) is 0.830. The van der Waals surface area contributed by atoms with Gasteiger partial charge in [-0.25, -0.2) is 0 Å². The van der Waals surface area contributed by atoms with Gasteiger partial charge in [0.05, 0.1) is 12.2 Å². The second-order valence-electron chi connectivity index (χ2n) is 7.87. The zero-order valence-corrected chi connectivity index (χ0v) is 15.4. The molecule has 0 spiro atoms. The zero-order chi connectivity index (χ0) is 17.9. The highest BCUT2D eigenvalue weighted by Crippen LogP contribution is 2.26. The molecule has 6 nitrogen and oxygen atoms in total. The predicted octanol–water partition coefficient (Wildman–Crippen LogP) is 2.22. The Labute approximate surface area is 155 Å². The Morgan fingerprint density at radius 3 is 2.38 bits per heavy atom. The van der Waals surface area contributed by atoms with Crippen molar-refractivity contribution in [2.45, 2.75) is 44.6 Å². The molecule has 2 amide bonds. The fourth-order valence-electron chi connectivity index (χ4n) is 4.73. The summed E-state index contributed by atoms with van der Waals surface area (Å²) in [4.78, 5) is 31.6. The number of hydrogen-bond acceptors (Lipinski definition) is 4. The van der Waals surface area contributed by atoms with Gasteiger partial charge >= 0.3 is 0 Å². The number of rotatable bonds is 3. The molecule has 142 valence electrons. The molecule has 0 aromatic carbocycles. The molecule has 1 unspecified atom stereocenters. The van der Waals surface area contributed by atoms with Gasteiger partial charge in [0.2, 0.25) is 5.91 Å². The monoisotopic (exact) mass is 359 g/mol. The summed E-state index contributed by atoms with van der Waals surface area (Å²) >= 11 is 0. The van der Waals surface area contributed by atoms with Gasteiger partial charge in [-0.3, -0.25) is 14.5 Å². The highest BCUT2D eigenvalue weighted by atomic mass is 16.3. The fourth-order valence-corrected chi connectivity index (χ4v) is 4.73. The lowest BCUT2D eigenvalue weighted by atomic mass is 9.93. The van der Waals surface area contributed by atoms with Crippen molar-refractivity contribution in [1.29, 1.82) is 0 Å². The average Bonchev–Trinajstić information content (AvgIpc) is 3.41. The van der Waals surface area contributed by atoms with E-state index in [9.17, 15) is 9.59 Å². The number of carbonyl (C=O) groups is 2. The second-order valence-corrected chi connectivity index (χ2v) is 7.87. The zero-order valence-electron chi connectivity index (χ0n) is 15.4. The third-order valence-electron chi connectivity index (χ3n) is 6.22. The van der Waals surface area contributed by atoms with E-state index < -0.39 is 0 Å². The van der Waals surface area contributed by atoms with Crippen LogP contribution in [0.1, 0.15) is 49.1 Å². The van der Waals surface area contributed by atoms with Crippen molar-refractivity contribution in [2.75, 3.05) is 39.3 Å². The van der Waals surface area contributed by atoms with Gasteiger partial charge in [0.15, 0.2) is 5.76 Å². The Balaban J connectivity index is 1.30. The maximum Gasteiger partial charge on any atom is 0.289 e. The number of nitrogens with zero attached hydrogens (tertiary/aromatic N) is 3. The van der Waals surface area contributed by atoms with Crippen molar-refractivity contribution in [3.8, 4) is 0 Å². The maximum absolute atomic E-state index is 12.7. The first kappa shape index (κ1) is 17.6. The Morgan fingerprint density at radius 1 is 0.923 bits per heavy atom. The minimum atomic E-state index is -0.00539. The minimum Gasteiger partial charge on any atom is -0.459 e. The summed E-state index contributed by atoms with van der Waals surface area (Å²) in [5.74, 6) is 0.967. The third-order valence-corrected chi connectivity index (χ3v) is 6.22. The number of furan rings is 1. The van der Waals surface area contributed by atoms with Gasteiger partial charge in [-0.15, -0.1) is 0 Å². The second kappa shape index (κ2) is 7.82. The fraction of sp³-hybridized carbons (Fsp3) is 0.700. The summed E-state index contributed by atoms with van der Waals surface area (Å²) in [6.45, 7) is 5.41. The highest BCUT2D eigenvalue weighted by Gasteiger charge is 2.35. The number of likely N-dealkylation sites (tertiary alicyclic amines) is 3. The van der Waals surface area contributed by atoms with Crippen LogP contribution in [0.2, 0.25) is 0 Å². The van der Waals surface area contributed by atoms with Gasteiger partial charge in [-0.2, -0.15) is 0 Å². The number of carbonyl (C=O) groups excluding carboxylic acids is 2. The third kappa shape index (κ3) is 3.65. The summed E-state index contributed by atoms with van der Waals surface area (Å²) in [5, 5.41) is 0. The van der Waals surface area contributed by atoms with Crippen molar-refractivity contribution >= 4 is 11.8 Å². The minimum absolute atomic E-state index is 0.00539. The Hall–Kier alpha value is -1.82. The number of piperidine rings is 2. The standard InChI is InChI=1S/C20H29N3O3/c24-19(21-9-1-2-10-21)16-5-3-11-23(15-16)17-7-12-22(13-8-17)20(25)18-6-4-14-26-18/h4,6,14,16-17H,1-3,5,7-13,15H2. The predicted molar refractivity (Wildman–Crippen MR) is 97.7 cm³/mol. The highest BCUT2D eigenvalue weighted by molar-refractivity contribution is 5.91. The molecular formula is C20H29N3O3. The van der Waals surface area contributed by atoms with Crippen LogP contribution in [0.15, 0.2) is 22.8 Å². The molecule has 26 heavy (non-hydrogen) atoms. The summed E-state index contributed by atoms with van der Waals surface area (Å²) in [7, 11) is 0. The van der Waals surface area contributed by atoms with Crippen LogP contribution in [0.3, 0.4) is 0 Å². The lowest BCUT2D eigenvalue weighted by Gasteiger charge is -2.42. The van der Waals surface area contributed by atoms with Crippen molar-refractivity contribution in [2.24, 2.45) is 5.92 Å². The molecule has 0 aliphatic carbocycles. The van der Waals surface area contributed by atoms with Crippen LogP contribution in [0.5, 0.6) is 0 Å².